The number of halogens is 1. The minimum absolute atomic E-state index is 0. The van der Waals surface area contributed by atoms with Gasteiger partial charge in [-0.15, -0.1) is 0 Å². The first-order chi connectivity index (χ1) is 9.12. The molecule has 1 fully saturated rings. The number of carboxylic acid groups (broad SMARTS) is 1. The molecule has 0 spiro atoms. The van der Waals surface area contributed by atoms with E-state index in [0.717, 1.165) is 37.1 Å². The molecule has 1 aliphatic rings. The number of hydrogen-bond acceptors (Lipinski definition) is 3. The van der Waals surface area contributed by atoms with Gasteiger partial charge in [0.25, 0.3) is 0 Å². The fraction of sp³-hybridized carbons (Fsp3) is 0.533. The van der Waals surface area contributed by atoms with Gasteiger partial charge >= 0.3 is 29.6 Å². The summed E-state index contributed by atoms with van der Waals surface area (Å²) in [5.41, 5.74) is 0.344. The average molecular weight is 305 g/mol. The molecule has 1 aliphatic heterocycles. The number of aryl methyl sites for hydroxylation is 1. The summed E-state index contributed by atoms with van der Waals surface area (Å²) in [4.78, 5) is 10.8. The summed E-state index contributed by atoms with van der Waals surface area (Å²) in [5.74, 6) is -1.06. The summed E-state index contributed by atoms with van der Waals surface area (Å²) in [7, 11) is 0. The number of aliphatic carboxylic acids is 1. The standard InChI is InChI=1S/C15H19ClO3.Na/c16-13-8-6-12(7-9-13)5-3-1-2-4-10-15(11-19-15)14(17)18;/h6-9H,1-5,10-11H2,(H,17,18);/q;+1/p-1. The molecule has 3 nitrogen and oxygen atoms in total. The Bertz CT molecular complexity index is 429. The number of carbonyl (C=O) groups excluding carboxylic acids is 1. The molecule has 1 saturated heterocycles. The molecule has 0 aromatic heterocycles. The minimum Gasteiger partial charge on any atom is -0.547 e. The summed E-state index contributed by atoms with van der Waals surface area (Å²) in [6.45, 7) is 0.320. The fourth-order valence-corrected chi connectivity index (χ4v) is 2.32. The van der Waals surface area contributed by atoms with E-state index in [1.807, 2.05) is 24.3 Å². The predicted molar refractivity (Wildman–Crippen MR) is 71.9 cm³/mol. The first kappa shape index (κ1) is 18.0. The maximum Gasteiger partial charge on any atom is 1.00 e. The van der Waals surface area contributed by atoms with Crippen LogP contribution in [0.15, 0.2) is 24.3 Å². The minimum atomic E-state index is -1.06. The summed E-state index contributed by atoms with van der Waals surface area (Å²) in [6, 6.07) is 7.91. The Labute approximate surface area is 146 Å². The molecule has 1 unspecified atom stereocenters. The van der Waals surface area contributed by atoms with Crippen LogP contribution >= 0.6 is 11.6 Å². The Morgan fingerprint density at radius 3 is 2.35 bits per heavy atom. The van der Waals surface area contributed by atoms with Crippen LogP contribution in [0, 0.1) is 0 Å². The second-order valence-corrected chi connectivity index (χ2v) is 5.55. The van der Waals surface area contributed by atoms with Crippen molar-refractivity contribution in [3.05, 3.63) is 34.9 Å². The van der Waals surface area contributed by atoms with Crippen molar-refractivity contribution < 1.29 is 44.2 Å². The van der Waals surface area contributed by atoms with E-state index in [1.165, 1.54) is 5.56 Å². The third-order valence-corrected chi connectivity index (χ3v) is 3.83. The van der Waals surface area contributed by atoms with Crippen LogP contribution < -0.4 is 34.7 Å². The van der Waals surface area contributed by atoms with Gasteiger partial charge in [-0.2, -0.15) is 0 Å². The molecule has 0 aliphatic carbocycles. The summed E-state index contributed by atoms with van der Waals surface area (Å²) >= 11 is 5.82. The quantitative estimate of drug-likeness (QED) is 0.365. The Balaban J connectivity index is 0.00000200. The molecule has 1 aromatic carbocycles. The van der Waals surface area contributed by atoms with E-state index in [9.17, 15) is 9.90 Å². The molecular weight excluding hydrogens is 287 g/mol. The number of unbranched alkanes of at least 4 members (excludes halogenated alkanes) is 3. The van der Waals surface area contributed by atoms with Crippen molar-refractivity contribution >= 4 is 17.6 Å². The van der Waals surface area contributed by atoms with Crippen LogP contribution in [-0.4, -0.2) is 18.2 Å². The number of carboxylic acids is 1. The molecule has 0 N–H and O–H groups in total. The molecule has 2 rings (SSSR count). The molecule has 5 heteroatoms. The van der Waals surface area contributed by atoms with Gasteiger partial charge in [-0.25, -0.2) is 0 Å². The van der Waals surface area contributed by atoms with Gasteiger partial charge in [0.1, 0.15) is 5.60 Å². The molecule has 0 saturated carbocycles. The predicted octanol–water partition coefficient (Wildman–Crippen LogP) is -0.644. The van der Waals surface area contributed by atoms with E-state index in [4.69, 9.17) is 16.3 Å². The van der Waals surface area contributed by atoms with Gasteiger partial charge in [0, 0.05) is 5.02 Å². The number of carbonyl (C=O) groups is 1. The van der Waals surface area contributed by atoms with Crippen LogP contribution in [0.4, 0.5) is 0 Å². The van der Waals surface area contributed by atoms with Gasteiger partial charge in [0.15, 0.2) is 0 Å². The molecule has 0 amide bonds. The van der Waals surface area contributed by atoms with Crippen LogP contribution in [0.1, 0.15) is 37.7 Å². The zero-order valence-corrected chi connectivity index (χ0v) is 14.6. The number of hydrogen-bond donors (Lipinski definition) is 0. The first-order valence-electron chi connectivity index (χ1n) is 6.72. The van der Waals surface area contributed by atoms with Crippen molar-refractivity contribution in [3.8, 4) is 0 Å². The average Bonchev–Trinajstić information content (AvgIpc) is 3.17. The van der Waals surface area contributed by atoms with Gasteiger partial charge in [-0.3, -0.25) is 0 Å². The number of benzene rings is 1. The largest absolute Gasteiger partial charge is 1.00 e. The van der Waals surface area contributed by atoms with E-state index in [-0.39, 0.29) is 29.6 Å². The maximum atomic E-state index is 10.8. The van der Waals surface area contributed by atoms with E-state index in [1.54, 1.807) is 0 Å². The second-order valence-electron chi connectivity index (χ2n) is 5.11. The van der Waals surface area contributed by atoms with E-state index in [2.05, 4.69) is 0 Å². The van der Waals surface area contributed by atoms with Gasteiger partial charge in [-0.05, 0) is 37.0 Å². The third kappa shape index (κ3) is 5.38. The Hall–Kier alpha value is -0.0600. The van der Waals surface area contributed by atoms with Crippen molar-refractivity contribution in [2.75, 3.05) is 6.61 Å². The Morgan fingerprint density at radius 1 is 1.20 bits per heavy atom. The van der Waals surface area contributed by atoms with Crippen LogP contribution in [0.25, 0.3) is 0 Å². The Kier molecular flexibility index (Phi) is 7.56. The monoisotopic (exact) mass is 304 g/mol. The van der Waals surface area contributed by atoms with E-state index < -0.39 is 11.6 Å². The van der Waals surface area contributed by atoms with Gasteiger partial charge in [0.05, 0.1) is 12.6 Å². The van der Waals surface area contributed by atoms with Crippen molar-refractivity contribution in [1.82, 2.24) is 0 Å². The van der Waals surface area contributed by atoms with E-state index >= 15 is 0 Å². The first-order valence-corrected chi connectivity index (χ1v) is 7.10. The molecule has 1 atom stereocenters. The molecular formula is C15H18ClNaO3. The molecule has 0 radical (unpaired) electrons. The molecule has 20 heavy (non-hydrogen) atoms. The molecule has 0 bridgehead atoms. The smallest absolute Gasteiger partial charge is 0.547 e. The van der Waals surface area contributed by atoms with Crippen LogP contribution in [0.3, 0.4) is 0 Å². The van der Waals surface area contributed by atoms with Crippen molar-refractivity contribution in [2.45, 2.75) is 44.1 Å². The van der Waals surface area contributed by atoms with Crippen molar-refractivity contribution in [1.29, 1.82) is 0 Å². The maximum absolute atomic E-state index is 10.8. The van der Waals surface area contributed by atoms with E-state index in [0.29, 0.717) is 13.0 Å². The SMILES string of the molecule is O=C([O-])C1(CCCCCCc2ccc(Cl)cc2)CO1.[Na+]. The number of ether oxygens (including phenoxy) is 1. The topological polar surface area (TPSA) is 52.7 Å². The zero-order chi connectivity index (χ0) is 13.7. The molecule has 1 heterocycles. The van der Waals surface area contributed by atoms with Gasteiger partial charge in [-0.1, -0.05) is 43.0 Å². The molecule has 1 aromatic rings. The summed E-state index contributed by atoms with van der Waals surface area (Å²) in [6.07, 6.45) is 5.75. The zero-order valence-electron chi connectivity index (χ0n) is 11.9. The summed E-state index contributed by atoms with van der Waals surface area (Å²) < 4.78 is 4.97. The number of rotatable bonds is 8. The van der Waals surface area contributed by atoms with Crippen molar-refractivity contribution in [2.24, 2.45) is 0 Å². The van der Waals surface area contributed by atoms with Gasteiger partial charge < -0.3 is 14.6 Å². The molecule has 104 valence electrons. The van der Waals surface area contributed by atoms with Crippen LogP contribution in [0.5, 0.6) is 0 Å². The Morgan fingerprint density at radius 2 is 1.80 bits per heavy atom. The normalized spacial score (nSPS) is 20.2. The van der Waals surface area contributed by atoms with Gasteiger partial charge in [0.2, 0.25) is 0 Å². The number of epoxide rings is 1. The third-order valence-electron chi connectivity index (χ3n) is 3.57. The van der Waals surface area contributed by atoms with Crippen LogP contribution in [-0.2, 0) is 16.0 Å². The second kappa shape index (κ2) is 8.40. The van der Waals surface area contributed by atoms with Crippen LogP contribution in [0.2, 0.25) is 5.02 Å². The van der Waals surface area contributed by atoms with Crippen molar-refractivity contribution in [3.63, 3.8) is 0 Å². The summed E-state index contributed by atoms with van der Waals surface area (Å²) in [5, 5.41) is 11.5. The fourth-order valence-electron chi connectivity index (χ4n) is 2.20.